The highest BCUT2D eigenvalue weighted by molar-refractivity contribution is 7.80. The number of nitrogens with zero attached hydrogens (tertiary/aromatic N) is 1. The fourth-order valence-corrected chi connectivity index (χ4v) is 1.63. The fraction of sp³-hybridized carbons (Fsp3) is 0.222. The molecule has 0 amide bonds. The Bertz CT molecular complexity index is 373. The molecule has 0 radical (unpaired) electrons. The molecule has 0 heterocycles. The predicted octanol–water partition coefficient (Wildman–Crippen LogP) is 0.888. The number of hydrogen-bond acceptors (Lipinski definition) is 4. The summed E-state index contributed by atoms with van der Waals surface area (Å²) in [5.41, 5.74) is 0.304. The molecule has 0 saturated heterocycles. The summed E-state index contributed by atoms with van der Waals surface area (Å²) in [6, 6.07) is 9.73. The van der Waals surface area contributed by atoms with E-state index in [0.29, 0.717) is 5.56 Å². The fourth-order valence-electron chi connectivity index (χ4n) is 1.09. The normalized spacial score (nSPS) is 16.6. The number of nitriles is 1. The Morgan fingerprint density at radius 1 is 1.50 bits per heavy atom. The molecule has 0 N–H and O–H groups in total. The van der Waals surface area contributed by atoms with Crippen LogP contribution in [0, 0.1) is 11.3 Å². The highest BCUT2D eigenvalue weighted by atomic mass is 32.2. The van der Waals surface area contributed by atoms with Crippen LogP contribution < -0.4 is 0 Å². The van der Waals surface area contributed by atoms with Crippen molar-refractivity contribution in [3.8, 4) is 6.07 Å². The Morgan fingerprint density at radius 3 is 2.43 bits per heavy atom. The Hall–Kier alpha value is -1.22. The molecule has 1 aromatic rings. The van der Waals surface area contributed by atoms with Gasteiger partial charge in [-0.3, -0.25) is 4.21 Å². The van der Waals surface area contributed by atoms with E-state index in [1.165, 1.54) is 19.2 Å². The van der Waals surface area contributed by atoms with Crippen LogP contribution in [0.25, 0.3) is 0 Å². The van der Waals surface area contributed by atoms with Gasteiger partial charge >= 0.3 is 0 Å². The number of methoxy groups -OCH3 is 1. The maximum absolute atomic E-state index is 10.9. The van der Waals surface area contributed by atoms with Crippen molar-refractivity contribution < 1.29 is 13.5 Å². The van der Waals surface area contributed by atoms with Crippen molar-refractivity contribution in [1.29, 1.82) is 5.26 Å². The van der Waals surface area contributed by atoms with E-state index in [-0.39, 0.29) is 0 Å². The van der Waals surface area contributed by atoms with Crippen LogP contribution in [-0.4, -0.2) is 15.9 Å². The second kappa shape index (κ2) is 4.33. The molecule has 1 aromatic carbocycles. The topological polar surface area (TPSA) is 73.1 Å². The van der Waals surface area contributed by atoms with Gasteiger partial charge in [0.2, 0.25) is 4.93 Å². The first-order valence-electron chi connectivity index (χ1n) is 3.78. The maximum atomic E-state index is 10.9. The molecule has 2 atom stereocenters. The molecule has 0 bridgehead atoms. The van der Waals surface area contributed by atoms with Crippen molar-refractivity contribution in [3.05, 3.63) is 35.9 Å². The summed E-state index contributed by atoms with van der Waals surface area (Å²) in [5, 5.41) is 8.83. The average Bonchev–Trinajstić information content (AvgIpc) is 2.22. The molecule has 5 heteroatoms. The van der Waals surface area contributed by atoms with Crippen molar-refractivity contribution in [2.75, 3.05) is 7.11 Å². The van der Waals surface area contributed by atoms with Gasteiger partial charge in [0.25, 0.3) is 0 Å². The number of ether oxygens (including phenoxy) is 1. The van der Waals surface area contributed by atoms with Gasteiger partial charge in [-0.2, -0.15) is 5.26 Å². The van der Waals surface area contributed by atoms with Gasteiger partial charge in [0.05, 0.1) is 0 Å². The lowest BCUT2D eigenvalue weighted by Crippen LogP contribution is -2.31. The largest absolute Gasteiger partial charge is 0.769 e. The van der Waals surface area contributed by atoms with Gasteiger partial charge in [-0.05, 0) is 11.1 Å². The Labute approximate surface area is 84.4 Å². The van der Waals surface area contributed by atoms with E-state index in [1.807, 2.05) is 0 Å². The van der Waals surface area contributed by atoms with Crippen LogP contribution in [-0.2, 0) is 20.8 Å². The monoisotopic (exact) mass is 210 g/mol. The van der Waals surface area contributed by atoms with E-state index < -0.39 is 16.0 Å². The molecule has 0 aliphatic carbocycles. The molecule has 0 aliphatic heterocycles. The van der Waals surface area contributed by atoms with Crippen LogP contribution in [0.1, 0.15) is 5.56 Å². The molecular formula is C9H8NO3S-. The molecule has 2 unspecified atom stereocenters. The first kappa shape index (κ1) is 10.9. The van der Waals surface area contributed by atoms with Crippen molar-refractivity contribution in [2.24, 2.45) is 0 Å². The summed E-state index contributed by atoms with van der Waals surface area (Å²) in [5.74, 6) is 0. The second-order valence-corrected chi connectivity index (χ2v) is 3.58. The number of hydrogen-bond donors (Lipinski definition) is 0. The van der Waals surface area contributed by atoms with Gasteiger partial charge in [0.1, 0.15) is 6.07 Å². The van der Waals surface area contributed by atoms with Gasteiger partial charge in [-0.15, -0.1) is 0 Å². The van der Waals surface area contributed by atoms with Gasteiger partial charge in [-0.25, -0.2) is 0 Å². The molecule has 74 valence electrons. The van der Waals surface area contributed by atoms with Crippen LogP contribution in [0.3, 0.4) is 0 Å². The Kier molecular flexibility index (Phi) is 3.36. The van der Waals surface area contributed by atoms with E-state index in [2.05, 4.69) is 0 Å². The Morgan fingerprint density at radius 2 is 2.07 bits per heavy atom. The van der Waals surface area contributed by atoms with Crippen molar-refractivity contribution in [3.63, 3.8) is 0 Å². The summed E-state index contributed by atoms with van der Waals surface area (Å²) in [4.78, 5) is -1.90. The summed E-state index contributed by atoms with van der Waals surface area (Å²) in [6.45, 7) is 0. The van der Waals surface area contributed by atoms with E-state index in [9.17, 15) is 8.76 Å². The molecule has 0 aromatic heterocycles. The highest BCUT2D eigenvalue weighted by Crippen LogP contribution is 2.26. The van der Waals surface area contributed by atoms with Crippen LogP contribution >= 0.6 is 0 Å². The molecule has 4 nitrogen and oxygen atoms in total. The predicted molar refractivity (Wildman–Crippen MR) is 49.7 cm³/mol. The van der Waals surface area contributed by atoms with Gasteiger partial charge in [0, 0.05) is 12.7 Å². The molecular weight excluding hydrogens is 202 g/mol. The minimum Gasteiger partial charge on any atom is -0.769 e. The molecule has 0 saturated carbocycles. The first-order valence-corrected chi connectivity index (χ1v) is 4.86. The minimum absolute atomic E-state index is 0.304. The van der Waals surface area contributed by atoms with Gasteiger partial charge < -0.3 is 9.29 Å². The summed E-state index contributed by atoms with van der Waals surface area (Å²) >= 11 is -2.65. The van der Waals surface area contributed by atoms with Gasteiger partial charge in [-0.1, -0.05) is 30.3 Å². The third-order valence-electron chi connectivity index (χ3n) is 1.82. The van der Waals surface area contributed by atoms with Crippen molar-refractivity contribution in [1.82, 2.24) is 0 Å². The SMILES string of the molecule is COC(C#N)(c1ccccc1)S(=O)[O-]. The zero-order chi connectivity index (χ0) is 10.6. The van der Waals surface area contributed by atoms with Crippen molar-refractivity contribution in [2.45, 2.75) is 4.93 Å². The molecule has 0 spiro atoms. The third-order valence-corrected chi connectivity index (χ3v) is 2.79. The number of benzene rings is 1. The second-order valence-electron chi connectivity index (χ2n) is 2.53. The maximum Gasteiger partial charge on any atom is 0.242 e. The molecule has 14 heavy (non-hydrogen) atoms. The first-order chi connectivity index (χ1) is 6.67. The van der Waals surface area contributed by atoms with Crippen LogP contribution in [0.2, 0.25) is 0 Å². The lowest BCUT2D eigenvalue weighted by atomic mass is 10.1. The lowest BCUT2D eigenvalue weighted by molar-refractivity contribution is 0.104. The van der Waals surface area contributed by atoms with E-state index in [1.54, 1.807) is 24.3 Å². The minimum atomic E-state index is -2.65. The summed E-state index contributed by atoms with van der Waals surface area (Å²) < 4.78 is 26.6. The average molecular weight is 210 g/mol. The zero-order valence-corrected chi connectivity index (χ0v) is 8.28. The van der Waals surface area contributed by atoms with E-state index >= 15 is 0 Å². The third kappa shape index (κ3) is 1.68. The van der Waals surface area contributed by atoms with Crippen LogP contribution in [0.5, 0.6) is 0 Å². The highest BCUT2D eigenvalue weighted by Gasteiger charge is 2.33. The molecule has 1 rings (SSSR count). The van der Waals surface area contributed by atoms with E-state index in [0.717, 1.165) is 0 Å². The van der Waals surface area contributed by atoms with E-state index in [4.69, 9.17) is 10.00 Å². The summed E-state index contributed by atoms with van der Waals surface area (Å²) in [7, 11) is 1.19. The summed E-state index contributed by atoms with van der Waals surface area (Å²) in [6.07, 6.45) is 0. The van der Waals surface area contributed by atoms with Crippen LogP contribution in [0.15, 0.2) is 30.3 Å². The molecule has 0 aliphatic rings. The standard InChI is InChI=1S/C9H9NO3S/c1-13-9(7-10,14(11)12)8-5-3-2-4-6-8/h2-6H,1H3,(H,11,12)/p-1. The quantitative estimate of drug-likeness (QED) is 0.694. The number of rotatable bonds is 3. The lowest BCUT2D eigenvalue weighted by Gasteiger charge is -2.27. The Balaban J connectivity index is 3.27. The smallest absolute Gasteiger partial charge is 0.242 e. The van der Waals surface area contributed by atoms with Crippen molar-refractivity contribution >= 4 is 11.1 Å². The van der Waals surface area contributed by atoms with Gasteiger partial charge in [0.15, 0.2) is 0 Å². The zero-order valence-electron chi connectivity index (χ0n) is 7.47. The van der Waals surface area contributed by atoms with Crippen LogP contribution in [0.4, 0.5) is 0 Å². The molecule has 0 fully saturated rings.